The minimum atomic E-state index is -0.0981. The molecule has 1 saturated heterocycles. The Balaban J connectivity index is 1.55. The van der Waals surface area contributed by atoms with Crippen molar-refractivity contribution in [3.05, 3.63) is 64.1 Å². The van der Waals surface area contributed by atoms with Crippen molar-refractivity contribution in [3.63, 3.8) is 0 Å². The van der Waals surface area contributed by atoms with Gasteiger partial charge in [-0.2, -0.15) is 0 Å². The summed E-state index contributed by atoms with van der Waals surface area (Å²) < 4.78 is 0.867. The molecule has 1 aliphatic rings. The molecule has 2 aromatic rings. The zero-order valence-corrected chi connectivity index (χ0v) is 15.2. The van der Waals surface area contributed by atoms with E-state index in [0.717, 1.165) is 4.47 Å². The monoisotopic (exact) mass is 402 g/mol. The molecule has 0 spiro atoms. The molecule has 0 aromatic heterocycles. The third-order valence-electron chi connectivity index (χ3n) is 4.30. The number of piperidine rings is 1. The maximum absolute atomic E-state index is 12.5. The number of hydrogen-bond acceptors (Lipinski definition) is 3. The molecule has 0 saturated carbocycles. The summed E-state index contributed by atoms with van der Waals surface area (Å²) >= 11 is 3.36. The van der Waals surface area contributed by atoms with Crippen molar-refractivity contribution in [2.45, 2.75) is 18.9 Å². The molecule has 3 rings (SSSR count). The van der Waals surface area contributed by atoms with Gasteiger partial charge in [-0.3, -0.25) is 9.59 Å². The van der Waals surface area contributed by atoms with Crippen LogP contribution < -0.4 is 5.32 Å². The third kappa shape index (κ3) is 4.39. The summed E-state index contributed by atoms with van der Waals surface area (Å²) in [7, 11) is 0. The van der Waals surface area contributed by atoms with Crippen LogP contribution in [0.5, 0.6) is 5.75 Å². The highest BCUT2D eigenvalue weighted by atomic mass is 79.9. The van der Waals surface area contributed by atoms with Gasteiger partial charge < -0.3 is 15.3 Å². The van der Waals surface area contributed by atoms with Crippen LogP contribution in [0.3, 0.4) is 0 Å². The number of rotatable bonds is 3. The Morgan fingerprint density at radius 1 is 1.04 bits per heavy atom. The lowest BCUT2D eigenvalue weighted by molar-refractivity contribution is 0.0697. The molecule has 6 heteroatoms. The summed E-state index contributed by atoms with van der Waals surface area (Å²) in [4.78, 5) is 26.5. The topological polar surface area (TPSA) is 69.6 Å². The molecule has 0 atom stereocenters. The predicted molar refractivity (Wildman–Crippen MR) is 98.6 cm³/mol. The largest absolute Gasteiger partial charge is 0.508 e. The molecule has 0 unspecified atom stereocenters. The van der Waals surface area contributed by atoms with Crippen molar-refractivity contribution in [3.8, 4) is 5.75 Å². The summed E-state index contributed by atoms with van der Waals surface area (Å²) in [6, 6.07) is 13.7. The van der Waals surface area contributed by atoms with Gasteiger partial charge in [0, 0.05) is 34.7 Å². The average molecular weight is 403 g/mol. The van der Waals surface area contributed by atoms with Gasteiger partial charge in [0.2, 0.25) is 0 Å². The van der Waals surface area contributed by atoms with Crippen molar-refractivity contribution < 1.29 is 14.7 Å². The number of halogens is 1. The number of nitrogens with one attached hydrogen (secondary N) is 1. The lowest BCUT2D eigenvalue weighted by atomic mass is 10.0. The number of phenolic OH excluding ortho intramolecular Hbond substituents is 1. The number of carbonyl (C=O) groups excluding carboxylic acids is 2. The number of nitrogens with zero attached hydrogens (tertiary/aromatic N) is 1. The van der Waals surface area contributed by atoms with Crippen LogP contribution >= 0.6 is 15.9 Å². The predicted octanol–water partition coefficient (Wildman–Crippen LogP) is 3.19. The van der Waals surface area contributed by atoms with Gasteiger partial charge in [-0.1, -0.05) is 28.1 Å². The van der Waals surface area contributed by atoms with Crippen LogP contribution in [0.1, 0.15) is 33.6 Å². The van der Waals surface area contributed by atoms with E-state index in [1.807, 2.05) is 12.1 Å². The SMILES string of the molecule is O=C(NC1CCN(C(=O)c2cccc(O)c2)CC1)c1cccc(Br)c1. The lowest BCUT2D eigenvalue weighted by Gasteiger charge is -2.32. The second-order valence-corrected chi connectivity index (χ2v) is 7.02. The fourth-order valence-electron chi connectivity index (χ4n) is 2.95. The Kier molecular flexibility index (Phi) is 5.38. The van der Waals surface area contributed by atoms with Gasteiger partial charge >= 0.3 is 0 Å². The number of likely N-dealkylation sites (tertiary alicyclic amines) is 1. The van der Waals surface area contributed by atoms with Crippen LogP contribution in [0.15, 0.2) is 53.0 Å². The first-order valence-corrected chi connectivity index (χ1v) is 8.97. The molecule has 2 N–H and O–H groups in total. The van der Waals surface area contributed by atoms with Crippen LogP contribution in [0, 0.1) is 0 Å². The second kappa shape index (κ2) is 7.70. The molecule has 1 heterocycles. The zero-order chi connectivity index (χ0) is 17.8. The molecule has 1 aliphatic heterocycles. The number of aromatic hydroxyl groups is 1. The maximum Gasteiger partial charge on any atom is 0.253 e. The molecule has 5 nitrogen and oxygen atoms in total. The Bertz CT molecular complexity index is 786. The Hall–Kier alpha value is -2.34. The lowest BCUT2D eigenvalue weighted by Crippen LogP contribution is -2.46. The minimum Gasteiger partial charge on any atom is -0.508 e. The van der Waals surface area contributed by atoms with Gasteiger partial charge in [0.05, 0.1) is 0 Å². The van der Waals surface area contributed by atoms with Gasteiger partial charge in [0.1, 0.15) is 5.75 Å². The van der Waals surface area contributed by atoms with Crippen molar-refractivity contribution in [1.29, 1.82) is 0 Å². The molecule has 0 radical (unpaired) electrons. The number of phenols is 1. The van der Waals surface area contributed by atoms with Crippen LogP contribution in [0.25, 0.3) is 0 Å². The highest BCUT2D eigenvalue weighted by Crippen LogP contribution is 2.18. The molecule has 2 amide bonds. The van der Waals surface area contributed by atoms with Gasteiger partial charge in [0.25, 0.3) is 11.8 Å². The Labute approximate surface area is 154 Å². The van der Waals surface area contributed by atoms with Crippen molar-refractivity contribution in [2.24, 2.45) is 0 Å². The molecule has 0 bridgehead atoms. The number of benzene rings is 2. The molecule has 1 fully saturated rings. The molecule has 0 aliphatic carbocycles. The second-order valence-electron chi connectivity index (χ2n) is 6.10. The maximum atomic E-state index is 12.5. The van der Waals surface area contributed by atoms with Crippen molar-refractivity contribution >= 4 is 27.7 Å². The van der Waals surface area contributed by atoms with E-state index in [-0.39, 0.29) is 23.6 Å². The van der Waals surface area contributed by atoms with Crippen LogP contribution in [-0.4, -0.2) is 41.0 Å². The molecule has 25 heavy (non-hydrogen) atoms. The first-order chi connectivity index (χ1) is 12.0. The van der Waals surface area contributed by atoms with Crippen LogP contribution in [0.4, 0.5) is 0 Å². The molecule has 130 valence electrons. The van der Waals surface area contributed by atoms with E-state index in [2.05, 4.69) is 21.2 Å². The number of carbonyl (C=O) groups is 2. The van der Waals surface area contributed by atoms with E-state index in [9.17, 15) is 14.7 Å². The highest BCUT2D eigenvalue weighted by molar-refractivity contribution is 9.10. The quantitative estimate of drug-likeness (QED) is 0.827. The molecular formula is C19H19BrN2O3. The fraction of sp³-hybridized carbons (Fsp3) is 0.263. The number of amides is 2. The smallest absolute Gasteiger partial charge is 0.253 e. The first kappa shape index (κ1) is 17.5. The van der Waals surface area contributed by atoms with Gasteiger partial charge in [-0.05, 0) is 49.2 Å². The van der Waals surface area contributed by atoms with E-state index >= 15 is 0 Å². The minimum absolute atomic E-state index is 0.0553. The van der Waals surface area contributed by atoms with Gasteiger partial charge in [-0.25, -0.2) is 0 Å². The normalized spacial score (nSPS) is 15.0. The van der Waals surface area contributed by atoms with Crippen molar-refractivity contribution in [1.82, 2.24) is 10.2 Å². The number of hydrogen-bond donors (Lipinski definition) is 2. The highest BCUT2D eigenvalue weighted by Gasteiger charge is 2.25. The molecular weight excluding hydrogens is 384 g/mol. The van der Waals surface area contributed by atoms with E-state index < -0.39 is 0 Å². The Morgan fingerprint density at radius 2 is 1.72 bits per heavy atom. The average Bonchev–Trinajstić information content (AvgIpc) is 2.62. The van der Waals surface area contributed by atoms with Gasteiger partial charge in [0.15, 0.2) is 0 Å². The summed E-state index contributed by atoms with van der Waals surface area (Å²) in [6.07, 6.45) is 1.43. The van der Waals surface area contributed by atoms with E-state index in [4.69, 9.17) is 0 Å². The first-order valence-electron chi connectivity index (χ1n) is 8.17. The van der Waals surface area contributed by atoms with Crippen LogP contribution in [0.2, 0.25) is 0 Å². The van der Waals surface area contributed by atoms with Crippen molar-refractivity contribution in [2.75, 3.05) is 13.1 Å². The fourth-order valence-corrected chi connectivity index (χ4v) is 3.35. The standard InChI is InChI=1S/C19H19BrN2O3/c20-15-5-1-3-13(11-15)18(24)21-16-7-9-22(10-8-16)19(25)14-4-2-6-17(23)12-14/h1-6,11-12,16,23H,7-10H2,(H,21,24). The summed E-state index contributed by atoms with van der Waals surface area (Å²) in [5, 5.41) is 12.5. The summed E-state index contributed by atoms with van der Waals surface area (Å²) in [5.41, 5.74) is 1.10. The third-order valence-corrected chi connectivity index (χ3v) is 4.79. The Morgan fingerprint density at radius 3 is 2.40 bits per heavy atom. The summed E-state index contributed by atoms with van der Waals surface area (Å²) in [5.74, 6) is -0.103. The zero-order valence-electron chi connectivity index (χ0n) is 13.6. The van der Waals surface area contributed by atoms with Crippen LogP contribution in [-0.2, 0) is 0 Å². The van der Waals surface area contributed by atoms with E-state index in [0.29, 0.717) is 37.1 Å². The summed E-state index contributed by atoms with van der Waals surface area (Å²) in [6.45, 7) is 1.16. The molecule has 2 aromatic carbocycles. The van der Waals surface area contributed by atoms with E-state index in [1.54, 1.807) is 35.2 Å². The van der Waals surface area contributed by atoms with Gasteiger partial charge in [-0.15, -0.1) is 0 Å². The van der Waals surface area contributed by atoms with E-state index in [1.165, 1.54) is 6.07 Å².